The maximum atomic E-state index is 12.8. The van der Waals surface area contributed by atoms with Gasteiger partial charge in [0.05, 0.1) is 18.6 Å². The third-order valence-electron chi connectivity index (χ3n) is 5.39. The lowest BCUT2D eigenvalue weighted by Crippen LogP contribution is -2.40. The number of aromatic amines is 1. The van der Waals surface area contributed by atoms with Crippen molar-refractivity contribution in [2.24, 2.45) is 0 Å². The molecule has 7 nitrogen and oxygen atoms in total. The average Bonchev–Trinajstić information content (AvgIpc) is 3.22. The van der Waals surface area contributed by atoms with Crippen LogP contribution < -0.4 is 5.32 Å². The van der Waals surface area contributed by atoms with Crippen molar-refractivity contribution in [1.82, 2.24) is 20.1 Å². The number of aromatic nitrogens is 3. The first-order valence-electron chi connectivity index (χ1n) is 10.4. The second kappa shape index (κ2) is 8.57. The van der Waals surface area contributed by atoms with Crippen molar-refractivity contribution in [1.29, 1.82) is 0 Å². The zero-order valence-corrected chi connectivity index (χ0v) is 17.0. The van der Waals surface area contributed by atoms with Crippen molar-refractivity contribution in [3.05, 3.63) is 83.6 Å². The topological polar surface area (TPSA) is 83.1 Å². The number of carbonyl (C=O) groups is 1. The van der Waals surface area contributed by atoms with Gasteiger partial charge in [-0.05, 0) is 41.8 Å². The van der Waals surface area contributed by atoms with E-state index in [1.165, 1.54) is 5.56 Å². The number of fused-ring (bicyclic) bond motifs is 1. The van der Waals surface area contributed by atoms with Gasteiger partial charge in [0.2, 0.25) is 0 Å². The molecule has 1 fully saturated rings. The molecule has 3 heterocycles. The molecular weight excluding hydrogens is 390 g/mol. The summed E-state index contributed by atoms with van der Waals surface area (Å²) >= 11 is 0. The van der Waals surface area contributed by atoms with E-state index in [1.54, 1.807) is 0 Å². The van der Waals surface area contributed by atoms with Gasteiger partial charge >= 0.3 is 0 Å². The van der Waals surface area contributed by atoms with Crippen LogP contribution in [0.25, 0.3) is 11.0 Å². The van der Waals surface area contributed by atoms with Gasteiger partial charge in [-0.25, -0.2) is 4.98 Å². The van der Waals surface area contributed by atoms with Crippen molar-refractivity contribution < 1.29 is 9.53 Å². The highest BCUT2D eigenvalue weighted by molar-refractivity contribution is 5.96. The summed E-state index contributed by atoms with van der Waals surface area (Å²) in [5.41, 5.74) is 4.46. The van der Waals surface area contributed by atoms with Crippen molar-refractivity contribution in [2.75, 3.05) is 31.6 Å². The zero-order chi connectivity index (χ0) is 21.0. The monoisotopic (exact) mass is 413 g/mol. The molecule has 2 N–H and O–H groups in total. The van der Waals surface area contributed by atoms with Crippen LogP contribution >= 0.6 is 0 Å². The summed E-state index contributed by atoms with van der Waals surface area (Å²) < 4.78 is 5.34. The fraction of sp³-hybridized carbons (Fsp3) is 0.208. The molecule has 1 amide bonds. The minimum Gasteiger partial charge on any atom is -0.378 e. The fourth-order valence-electron chi connectivity index (χ4n) is 3.79. The Bertz CT molecular complexity index is 1200. The summed E-state index contributed by atoms with van der Waals surface area (Å²) in [7, 11) is 0. The molecule has 0 spiro atoms. The van der Waals surface area contributed by atoms with Gasteiger partial charge in [0.1, 0.15) is 5.82 Å². The lowest BCUT2D eigenvalue weighted by Gasteiger charge is -2.27. The normalized spacial score (nSPS) is 14.0. The second-order valence-corrected chi connectivity index (χ2v) is 7.59. The Hall–Kier alpha value is -3.71. The summed E-state index contributed by atoms with van der Waals surface area (Å²) in [4.78, 5) is 19.1. The number of hydrogen-bond donors (Lipinski definition) is 2. The van der Waals surface area contributed by atoms with Crippen molar-refractivity contribution in [3.63, 3.8) is 0 Å². The zero-order valence-electron chi connectivity index (χ0n) is 17.0. The maximum Gasteiger partial charge on any atom is 0.254 e. The first kappa shape index (κ1) is 19.3. The predicted octanol–water partition coefficient (Wildman–Crippen LogP) is 3.76. The Kier molecular flexibility index (Phi) is 5.33. The number of amides is 1. The third-order valence-corrected chi connectivity index (χ3v) is 5.39. The van der Waals surface area contributed by atoms with E-state index in [0.717, 1.165) is 28.9 Å². The Morgan fingerprint density at radius 1 is 1.03 bits per heavy atom. The highest BCUT2D eigenvalue weighted by Crippen LogP contribution is 2.25. The summed E-state index contributed by atoms with van der Waals surface area (Å²) in [6.45, 7) is 2.42. The summed E-state index contributed by atoms with van der Waals surface area (Å²) in [6.07, 6.45) is 2.67. The van der Waals surface area contributed by atoms with Gasteiger partial charge in [-0.3, -0.25) is 9.89 Å². The molecule has 0 unspecified atom stereocenters. The van der Waals surface area contributed by atoms with Gasteiger partial charge in [0.15, 0.2) is 5.65 Å². The van der Waals surface area contributed by atoms with Gasteiger partial charge in [-0.2, -0.15) is 5.10 Å². The second-order valence-electron chi connectivity index (χ2n) is 7.59. The van der Waals surface area contributed by atoms with E-state index < -0.39 is 0 Å². The van der Waals surface area contributed by atoms with Gasteiger partial charge < -0.3 is 15.0 Å². The lowest BCUT2D eigenvalue weighted by atomic mass is 10.1. The molecule has 5 rings (SSSR count). The maximum absolute atomic E-state index is 12.8. The van der Waals surface area contributed by atoms with Gasteiger partial charge in [0.25, 0.3) is 5.91 Å². The molecule has 1 aliphatic heterocycles. The predicted molar refractivity (Wildman–Crippen MR) is 120 cm³/mol. The van der Waals surface area contributed by atoms with E-state index in [1.807, 2.05) is 53.6 Å². The summed E-state index contributed by atoms with van der Waals surface area (Å²) in [5.74, 6) is 0.779. The first-order chi connectivity index (χ1) is 15.3. The molecular formula is C24H23N5O2. The molecule has 0 bridgehead atoms. The molecule has 1 saturated heterocycles. The van der Waals surface area contributed by atoms with E-state index in [4.69, 9.17) is 4.74 Å². The molecule has 2 aromatic heterocycles. The Morgan fingerprint density at radius 3 is 2.71 bits per heavy atom. The highest BCUT2D eigenvalue weighted by Gasteiger charge is 2.19. The van der Waals surface area contributed by atoms with Gasteiger partial charge in [-0.1, -0.05) is 36.4 Å². The third kappa shape index (κ3) is 4.27. The van der Waals surface area contributed by atoms with E-state index in [2.05, 4.69) is 38.7 Å². The number of ether oxygens (including phenoxy) is 1. The van der Waals surface area contributed by atoms with Crippen LogP contribution in [0.2, 0.25) is 0 Å². The molecule has 4 aromatic rings. The molecule has 0 atom stereocenters. The molecule has 0 saturated carbocycles. The Balaban J connectivity index is 1.37. The number of nitrogens with zero attached hydrogens (tertiary/aromatic N) is 3. The highest BCUT2D eigenvalue weighted by atomic mass is 16.5. The number of morpholine rings is 1. The average molecular weight is 413 g/mol. The molecule has 7 heteroatoms. The number of anilines is 2. The van der Waals surface area contributed by atoms with E-state index in [9.17, 15) is 4.79 Å². The quantitative estimate of drug-likeness (QED) is 0.520. The molecule has 2 aromatic carbocycles. The molecule has 1 aliphatic rings. The number of carbonyl (C=O) groups excluding carboxylic acids is 1. The van der Waals surface area contributed by atoms with Crippen LogP contribution in [0, 0.1) is 0 Å². The van der Waals surface area contributed by atoms with Crippen LogP contribution in [0.4, 0.5) is 11.5 Å². The van der Waals surface area contributed by atoms with E-state index in [0.29, 0.717) is 37.5 Å². The minimum atomic E-state index is 0.0215. The summed E-state index contributed by atoms with van der Waals surface area (Å²) in [5, 5.41) is 11.6. The van der Waals surface area contributed by atoms with Crippen molar-refractivity contribution in [2.45, 2.75) is 6.42 Å². The van der Waals surface area contributed by atoms with Crippen LogP contribution in [0.1, 0.15) is 21.5 Å². The number of hydrogen-bond acceptors (Lipinski definition) is 5. The Morgan fingerprint density at radius 2 is 1.87 bits per heavy atom. The number of nitrogens with one attached hydrogen (secondary N) is 2. The van der Waals surface area contributed by atoms with Crippen molar-refractivity contribution in [3.8, 4) is 0 Å². The Labute approximate surface area is 180 Å². The van der Waals surface area contributed by atoms with Gasteiger partial charge in [0, 0.05) is 30.5 Å². The molecule has 0 aliphatic carbocycles. The summed E-state index contributed by atoms with van der Waals surface area (Å²) in [6, 6.07) is 19.9. The fourth-order valence-corrected chi connectivity index (χ4v) is 3.79. The number of pyridine rings is 1. The van der Waals surface area contributed by atoms with Crippen LogP contribution in [0.3, 0.4) is 0 Å². The smallest absolute Gasteiger partial charge is 0.254 e. The molecule has 31 heavy (non-hydrogen) atoms. The van der Waals surface area contributed by atoms with Crippen molar-refractivity contribution >= 4 is 28.4 Å². The first-order valence-corrected chi connectivity index (χ1v) is 10.4. The van der Waals surface area contributed by atoms with E-state index in [-0.39, 0.29) is 5.91 Å². The SMILES string of the molecule is O=C(c1cccc(Nc2[nH]nc3ncc(Cc4ccccc4)cc23)c1)N1CCOCC1. The van der Waals surface area contributed by atoms with Crippen LogP contribution in [0.5, 0.6) is 0 Å². The lowest BCUT2D eigenvalue weighted by molar-refractivity contribution is 0.0303. The van der Waals surface area contributed by atoms with Crippen LogP contribution in [-0.2, 0) is 11.2 Å². The number of H-pyrrole nitrogens is 1. The number of rotatable bonds is 5. The van der Waals surface area contributed by atoms with Crippen LogP contribution in [0.15, 0.2) is 66.9 Å². The number of benzene rings is 2. The molecule has 0 radical (unpaired) electrons. The van der Waals surface area contributed by atoms with Gasteiger partial charge in [-0.15, -0.1) is 0 Å². The standard InChI is InChI=1S/C24H23N5O2/c30-24(29-9-11-31-12-10-29)19-7-4-8-20(15-19)26-23-21-14-18(16-25-22(21)27-28-23)13-17-5-2-1-3-6-17/h1-8,14-16H,9-13H2,(H2,25,26,27,28). The van der Waals surface area contributed by atoms with E-state index >= 15 is 0 Å². The minimum absolute atomic E-state index is 0.0215. The molecule has 156 valence electrons. The largest absolute Gasteiger partial charge is 0.378 e. The van der Waals surface area contributed by atoms with Crippen LogP contribution in [-0.4, -0.2) is 52.3 Å².